The summed E-state index contributed by atoms with van der Waals surface area (Å²) in [6, 6.07) is 10.3. The molecule has 0 aliphatic carbocycles. The van der Waals surface area contributed by atoms with Gasteiger partial charge in [-0.15, -0.1) is 0 Å². The maximum Gasteiger partial charge on any atom is 0.274 e. The van der Waals surface area contributed by atoms with E-state index in [4.69, 9.17) is 4.74 Å². The molecule has 0 radical (unpaired) electrons. The molecule has 30 heavy (non-hydrogen) atoms. The molecule has 1 saturated heterocycles. The number of hydrogen-bond donors (Lipinski definition) is 1. The number of amides is 2. The van der Waals surface area contributed by atoms with Crippen molar-refractivity contribution in [2.24, 2.45) is 0 Å². The fourth-order valence-electron chi connectivity index (χ4n) is 3.56. The number of aromatic nitrogens is 2. The highest BCUT2D eigenvalue weighted by Crippen LogP contribution is 2.15. The van der Waals surface area contributed by atoms with Gasteiger partial charge >= 0.3 is 0 Å². The van der Waals surface area contributed by atoms with Crippen LogP contribution in [0.4, 0.5) is 0 Å². The molecule has 0 bridgehead atoms. The summed E-state index contributed by atoms with van der Waals surface area (Å²) in [5.41, 5.74) is 1.54. The minimum absolute atomic E-state index is 0.0125. The Hall–Kier alpha value is -2.80. The molecule has 0 saturated carbocycles. The number of carbonyl (C=O) groups is 2. The molecule has 1 aliphatic rings. The molecule has 2 heterocycles. The van der Waals surface area contributed by atoms with Gasteiger partial charge in [0.1, 0.15) is 5.69 Å². The first kappa shape index (κ1) is 21.9. The fourth-order valence-corrected chi connectivity index (χ4v) is 3.56. The van der Waals surface area contributed by atoms with E-state index in [1.54, 1.807) is 4.90 Å². The molecule has 7 nitrogen and oxygen atoms in total. The first-order valence-corrected chi connectivity index (χ1v) is 10.6. The van der Waals surface area contributed by atoms with Crippen molar-refractivity contribution in [2.45, 2.75) is 51.2 Å². The minimum atomic E-state index is -0.219. The van der Waals surface area contributed by atoms with Crippen LogP contribution < -0.4 is 5.32 Å². The van der Waals surface area contributed by atoms with Gasteiger partial charge in [0, 0.05) is 44.6 Å². The molecule has 7 heteroatoms. The van der Waals surface area contributed by atoms with E-state index < -0.39 is 0 Å². The Labute approximate surface area is 177 Å². The highest BCUT2D eigenvalue weighted by Gasteiger charge is 2.25. The molecule has 1 aliphatic heterocycles. The van der Waals surface area contributed by atoms with Gasteiger partial charge in [-0.3, -0.25) is 14.6 Å². The normalized spacial score (nSPS) is 16.8. The number of hydrogen-bond acceptors (Lipinski definition) is 5. The molecule has 2 atom stereocenters. The Bertz CT molecular complexity index is 795. The molecule has 1 fully saturated rings. The largest absolute Gasteiger partial charge is 0.376 e. The summed E-state index contributed by atoms with van der Waals surface area (Å²) in [5.74, 6) is -0.275. The maximum absolute atomic E-state index is 12.9. The van der Waals surface area contributed by atoms with Crippen LogP contribution in [0.5, 0.6) is 0 Å². The lowest BCUT2D eigenvalue weighted by molar-refractivity contribution is -0.122. The quantitative estimate of drug-likeness (QED) is 0.651. The van der Waals surface area contributed by atoms with Gasteiger partial charge < -0.3 is 15.0 Å². The molecule has 1 aromatic heterocycles. The smallest absolute Gasteiger partial charge is 0.274 e. The van der Waals surface area contributed by atoms with Gasteiger partial charge in [-0.05, 0) is 38.2 Å². The average molecular weight is 411 g/mol. The van der Waals surface area contributed by atoms with E-state index in [0.717, 1.165) is 32.3 Å². The van der Waals surface area contributed by atoms with E-state index in [9.17, 15) is 9.59 Å². The van der Waals surface area contributed by atoms with E-state index in [0.29, 0.717) is 13.1 Å². The summed E-state index contributed by atoms with van der Waals surface area (Å²) in [6.07, 6.45) is 8.45. The average Bonchev–Trinajstić information content (AvgIpc) is 3.29. The Balaban J connectivity index is 1.49. The van der Waals surface area contributed by atoms with Crippen LogP contribution in [0.1, 0.15) is 48.7 Å². The van der Waals surface area contributed by atoms with Crippen molar-refractivity contribution in [3.8, 4) is 0 Å². The van der Waals surface area contributed by atoms with Crippen molar-refractivity contribution < 1.29 is 14.3 Å². The van der Waals surface area contributed by atoms with Crippen LogP contribution in [0.25, 0.3) is 0 Å². The second-order valence-corrected chi connectivity index (χ2v) is 7.72. The van der Waals surface area contributed by atoms with Gasteiger partial charge in [0.05, 0.1) is 12.3 Å². The monoisotopic (exact) mass is 410 g/mol. The third-order valence-electron chi connectivity index (χ3n) is 5.24. The van der Waals surface area contributed by atoms with Crippen LogP contribution in [0, 0.1) is 0 Å². The van der Waals surface area contributed by atoms with Crippen molar-refractivity contribution >= 4 is 11.8 Å². The lowest BCUT2D eigenvalue weighted by Crippen LogP contribution is -2.41. The Morgan fingerprint density at radius 3 is 2.80 bits per heavy atom. The van der Waals surface area contributed by atoms with Gasteiger partial charge in [-0.1, -0.05) is 30.3 Å². The number of rotatable bonds is 10. The number of nitrogens with one attached hydrogen (secondary N) is 1. The molecule has 0 spiro atoms. The summed E-state index contributed by atoms with van der Waals surface area (Å²) in [6.45, 7) is 3.52. The number of aryl methyl sites for hydroxylation is 1. The minimum Gasteiger partial charge on any atom is -0.376 e. The van der Waals surface area contributed by atoms with Gasteiger partial charge in [-0.25, -0.2) is 4.98 Å². The summed E-state index contributed by atoms with van der Waals surface area (Å²) in [7, 11) is 0. The first-order chi connectivity index (χ1) is 14.6. The molecule has 0 unspecified atom stereocenters. The predicted octanol–water partition coefficient (Wildman–Crippen LogP) is 2.63. The van der Waals surface area contributed by atoms with Crippen molar-refractivity contribution in [1.29, 1.82) is 0 Å². The molecule has 1 aromatic carbocycles. The van der Waals surface area contributed by atoms with Gasteiger partial charge in [0.2, 0.25) is 5.91 Å². The van der Waals surface area contributed by atoms with Crippen molar-refractivity contribution in [2.75, 3.05) is 19.7 Å². The van der Waals surface area contributed by atoms with E-state index in [2.05, 4.69) is 27.4 Å². The molecule has 1 N–H and O–H groups in total. The Morgan fingerprint density at radius 1 is 1.27 bits per heavy atom. The topological polar surface area (TPSA) is 84.4 Å². The Morgan fingerprint density at radius 2 is 2.10 bits per heavy atom. The highest BCUT2D eigenvalue weighted by atomic mass is 16.5. The highest BCUT2D eigenvalue weighted by molar-refractivity contribution is 5.92. The Kier molecular flexibility index (Phi) is 8.32. The zero-order valence-corrected chi connectivity index (χ0v) is 17.5. The van der Waals surface area contributed by atoms with Crippen LogP contribution >= 0.6 is 0 Å². The van der Waals surface area contributed by atoms with Gasteiger partial charge in [-0.2, -0.15) is 0 Å². The number of carbonyl (C=O) groups excluding carboxylic acids is 2. The van der Waals surface area contributed by atoms with Crippen LogP contribution in [0.3, 0.4) is 0 Å². The van der Waals surface area contributed by atoms with Gasteiger partial charge in [0.15, 0.2) is 0 Å². The third kappa shape index (κ3) is 6.91. The molecular formula is C23H30N4O3. The van der Waals surface area contributed by atoms with Crippen LogP contribution in [-0.2, 0) is 16.0 Å². The van der Waals surface area contributed by atoms with Crippen LogP contribution in [0.2, 0.25) is 0 Å². The number of benzene rings is 1. The van der Waals surface area contributed by atoms with Crippen molar-refractivity contribution in [3.05, 3.63) is 60.2 Å². The number of ether oxygens (including phenoxy) is 1. The van der Waals surface area contributed by atoms with E-state index in [-0.39, 0.29) is 36.1 Å². The first-order valence-electron chi connectivity index (χ1n) is 10.6. The lowest BCUT2D eigenvalue weighted by atomic mass is 10.1. The molecular weight excluding hydrogens is 380 g/mol. The SMILES string of the molecule is C[C@H](CCc1ccccc1)NC(=O)CCN(C[C@H]1CCCO1)C(=O)c1cnccn1. The molecule has 3 rings (SSSR count). The third-order valence-corrected chi connectivity index (χ3v) is 5.24. The van der Waals surface area contributed by atoms with E-state index in [1.165, 1.54) is 24.2 Å². The predicted molar refractivity (Wildman–Crippen MR) is 114 cm³/mol. The summed E-state index contributed by atoms with van der Waals surface area (Å²) in [4.78, 5) is 35.1. The molecule has 160 valence electrons. The van der Waals surface area contributed by atoms with Crippen LogP contribution in [0.15, 0.2) is 48.9 Å². The fraction of sp³-hybridized carbons (Fsp3) is 0.478. The zero-order valence-electron chi connectivity index (χ0n) is 17.5. The summed E-state index contributed by atoms with van der Waals surface area (Å²) in [5, 5.41) is 3.04. The zero-order chi connectivity index (χ0) is 21.2. The van der Waals surface area contributed by atoms with E-state index >= 15 is 0 Å². The lowest BCUT2D eigenvalue weighted by Gasteiger charge is -2.25. The maximum atomic E-state index is 12.9. The van der Waals surface area contributed by atoms with Crippen LogP contribution in [-0.4, -0.2) is 58.5 Å². The molecule has 2 amide bonds. The molecule has 2 aromatic rings. The van der Waals surface area contributed by atoms with E-state index in [1.807, 2.05) is 25.1 Å². The van der Waals surface area contributed by atoms with Crippen molar-refractivity contribution in [1.82, 2.24) is 20.2 Å². The van der Waals surface area contributed by atoms with Gasteiger partial charge in [0.25, 0.3) is 5.91 Å². The second kappa shape index (κ2) is 11.4. The standard InChI is InChI=1S/C23H30N4O3/c1-18(9-10-19-6-3-2-4-7-19)26-22(28)11-14-27(17-20-8-5-15-30-20)23(29)21-16-24-12-13-25-21/h2-4,6-7,12-13,16,18,20H,5,8-11,14-15,17H2,1H3,(H,26,28)/t18-,20-/m1/s1. The summed E-state index contributed by atoms with van der Waals surface area (Å²) >= 11 is 0. The summed E-state index contributed by atoms with van der Waals surface area (Å²) < 4.78 is 5.68. The van der Waals surface area contributed by atoms with Crippen molar-refractivity contribution in [3.63, 3.8) is 0 Å². The second-order valence-electron chi connectivity index (χ2n) is 7.72. The number of nitrogens with zero attached hydrogens (tertiary/aromatic N) is 3.